The SMILES string of the molecule is CC(C)C(OC(=O)c1cc2cc(Br)ccc2c(=O)[nH]1)C(=O)c1ccccc1. The van der Waals surface area contributed by atoms with Crippen LogP contribution in [0.15, 0.2) is 63.9 Å². The highest BCUT2D eigenvalue weighted by atomic mass is 79.9. The fraction of sp³-hybridized carbons (Fsp3) is 0.190. The van der Waals surface area contributed by atoms with Crippen LogP contribution in [0, 0.1) is 5.92 Å². The van der Waals surface area contributed by atoms with Gasteiger partial charge in [0.2, 0.25) is 5.78 Å². The summed E-state index contributed by atoms with van der Waals surface area (Å²) in [5.74, 6) is -1.23. The van der Waals surface area contributed by atoms with Gasteiger partial charge in [-0.15, -0.1) is 0 Å². The average molecular weight is 428 g/mol. The normalized spacial score (nSPS) is 12.1. The maximum Gasteiger partial charge on any atom is 0.355 e. The number of ketones is 1. The molecular weight excluding hydrogens is 410 g/mol. The van der Waals surface area contributed by atoms with Crippen LogP contribution in [0.2, 0.25) is 0 Å². The Kier molecular flexibility index (Phi) is 5.56. The number of halogens is 1. The van der Waals surface area contributed by atoms with Crippen molar-refractivity contribution >= 4 is 38.5 Å². The highest BCUT2D eigenvalue weighted by Crippen LogP contribution is 2.19. The summed E-state index contributed by atoms with van der Waals surface area (Å²) in [5.41, 5.74) is 0.0967. The third kappa shape index (κ3) is 4.17. The van der Waals surface area contributed by atoms with Crippen molar-refractivity contribution in [2.75, 3.05) is 0 Å². The van der Waals surface area contributed by atoms with E-state index in [9.17, 15) is 14.4 Å². The van der Waals surface area contributed by atoms with Crippen molar-refractivity contribution in [2.45, 2.75) is 20.0 Å². The summed E-state index contributed by atoms with van der Waals surface area (Å²) in [7, 11) is 0. The summed E-state index contributed by atoms with van der Waals surface area (Å²) < 4.78 is 6.27. The van der Waals surface area contributed by atoms with Crippen LogP contribution < -0.4 is 5.56 Å². The van der Waals surface area contributed by atoms with Crippen LogP contribution in [0.1, 0.15) is 34.7 Å². The van der Waals surface area contributed by atoms with Gasteiger partial charge in [0.25, 0.3) is 5.56 Å². The fourth-order valence-electron chi connectivity index (χ4n) is 2.79. The Bertz CT molecular complexity index is 1060. The second kappa shape index (κ2) is 7.88. The molecule has 0 fully saturated rings. The topological polar surface area (TPSA) is 76.2 Å². The quantitative estimate of drug-likeness (QED) is 0.484. The Balaban J connectivity index is 1.91. The summed E-state index contributed by atoms with van der Waals surface area (Å²) in [4.78, 5) is 40.1. The number of esters is 1. The molecule has 5 nitrogen and oxygen atoms in total. The second-order valence-corrected chi connectivity index (χ2v) is 7.46. The van der Waals surface area contributed by atoms with E-state index in [1.807, 2.05) is 6.07 Å². The molecule has 1 unspecified atom stereocenters. The van der Waals surface area contributed by atoms with Crippen molar-refractivity contribution in [1.29, 1.82) is 0 Å². The smallest absolute Gasteiger partial charge is 0.355 e. The second-order valence-electron chi connectivity index (χ2n) is 6.54. The molecule has 0 amide bonds. The average Bonchev–Trinajstić information content (AvgIpc) is 2.65. The number of aromatic amines is 1. The van der Waals surface area contributed by atoms with E-state index in [0.29, 0.717) is 16.3 Å². The van der Waals surface area contributed by atoms with Gasteiger partial charge in [-0.2, -0.15) is 0 Å². The lowest BCUT2D eigenvalue weighted by atomic mass is 9.97. The van der Waals surface area contributed by atoms with Crippen LogP contribution in [0.3, 0.4) is 0 Å². The molecule has 3 aromatic rings. The molecule has 0 spiro atoms. The van der Waals surface area contributed by atoms with E-state index in [2.05, 4.69) is 20.9 Å². The standard InChI is InChI=1S/C21H18BrNO4/c1-12(2)19(18(24)13-6-4-3-5-7-13)27-21(26)17-11-14-10-15(22)8-9-16(14)20(25)23-17/h3-12,19H,1-2H3,(H,23,25). The summed E-state index contributed by atoms with van der Waals surface area (Å²) in [6.07, 6.45) is -0.943. The molecule has 0 aliphatic rings. The maximum atomic E-state index is 12.7. The first-order valence-electron chi connectivity index (χ1n) is 8.49. The number of Topliss-reactive ketones (excluding diaryl/α,β-unsaturated/α-hetero) is 1. The zero-order chi connectivity index (χ0) is 19.6. The fourth-order valence-corrected chi connectivity index (χ4v) is 3.17. The van der Waals surface area contributed by atoms with Gasteiger partial charge in [-0.3, -0.25) is 9.59 Å². The van der Waals surface area contributed by atoms with Crippen molar-refractivity contribution in [2.24, 2.45) is 5.92 Å². The summed E-state index contributed by atoms with van der Waals surface area (Å²) in [6, 6.07) is 15.4. The first-order chi connectivity index (χ1) is 12.9. The van der Waals surface area contributed by atoms with E-state index < -0.39 is 12.1 Å². The molecule has 0 aliphatic carbocycles. The molecule has 3 rings (SSSR count). The van der Waals surface area contributed by atoms with Gasteiger partial charge in [0.05, 0.1) is 0 Å². The molecule has 0 aliphatic heterocycles. The zero-order valence-corrected chi connectivity index (χ0v) is 16.4. The van der Waals surface area contributed by atoms with Crippen LogP contribution in [0.4, 0.5) is 0 Å². The third-order valence-corrected chi connectivity index (χ3v) is 4.68. The van der Waals surface area contributed by atoms with Crippen molar-refractivity contribution in [3.05, 3.63) is 80.7 Å². The van der Waals surface area contributed by atoms with Crippen LogP contribution in [-0.4, -0.2) is 22.8 Å². The largest absolute Gasteiger partial charge is 0.449 e. The third-order valence-electron chi connectivity index (χ3n) is 4.18. The lowest BCUT2D eigenvalue weighted by molar-refractivity contribution is 0.0182. The number of carbonyl (C=O) groups is 2. The molecule has 2 aromatic carbocycles. The number of nitrogens with one attached hydrogen (secondary N) is 1. The number of hydrogen-bond acceptors (Lipinski definition) is 4. The lowest BCUT2D eigenvalue weighted by Gasteiger charge is -2.20. The van der Waals surface area contributed by atoms with Gasteiger partial charge in [0.15, 0.2) is 6.10 Å². The molecule has 0 saturated carbocycles. The summed E-state index contributed by atoms with van der Waals surface area (Å²) >= 11 is 3.35. The van der Waals surface area contributed by atoms with Gasteiger partial charge in [-0.05, 0) is 35.6 Å². The van der Waals surface area contributed by atoms with E-state index in [0.717, 1.165) is 4.47 Å². The van der Waals surface area contributed by atoms with Crippen LogP contribution >= 0.6 is 15.9 Å². The molecule has 0 bridgehead atoms. The van der Waals surface area contributed by atoms with Crippen LogP contribution in [0.5, 0.6) is 0 Å². The number of benzene rings is 2. The number of H-pyrrole nitrogens is 1. The molecule has 27 heavy (non-hydrogen) atoms. The van der Waals surface area contributed by atoms with E-state index in [-0.39, 0.29) is 23.0 Å². The first-order valence-corrected chi connectivity index (χ1v) is 9.29. The Labute approximate surface area is 164 Å². The van der Waals surface area contributed by atoms with E-state index in [1.165, 1.54) is 0 Å². The predicted molar refractivity (Wildman–Crippen MR) is 107 cm³/mol. The van der Waals surface area contributed by atoms with Crippen molar-refractivity contribution in [3.63, 3.8) is 0 Å². The summed E-state index contributed by atoms with van der Waals surface area (Å²) in [5, 5.41) is 1.08. The molecule has 138 valence electrons. The number of hydrogen-bond donors (Lipinski definition) is 1. The molecule has 6 heteroatoms. The number of rotatable bonds is 5. The molecule has 0 saturated heterocycles. The van der Waals surface area contributed by atoms with Gasteiger partial charge >= 0.3 is 5.97 Å². The number of aromatic nitrogens is 1. The van der Waals surface area contributed by atoms with Crippen molar-refractivity contribution < 1.29 is 14.3 Å². The molecule has 1 aromatic heterocycles. The van der Waals surface area contributed by atoms with E-state index in [4.69, 9.17) is 4.74 Å². The summed E-state index contributed by atoms with van der Waals surface area (Å²) in [6.45, 7) is 3.61. The van der Waals surface area contributed by atoms with Crippen LogP contribution in [0.25, 0.3) is 10.8 Å². The monoisotopic (exact) mass is 427 g/mol. The highest BCUT2D eigenvalue weighted by molar-refractivity contribution is 9.10. The Hall–Kier alpha value is -2.73. The van der Waals surface area contributed by atoms with Crippen molar-refractivity contribution in [3.8, 4) is 0 Å². The minimum Gasteiger partial charge on any atom is -0.449 e. The number of carbonyl (C=O) groups excluding carboxylic acids is 2. The number of ether oxygens (including phenoxy) is 1. The first kappa shape index (κ1) is 19.0. The van der Waals surface area contributed by atoms with Gasteiger partial charge in [0.1, 0.15) is 5.69 Å². The molecular formula is C21H18BrNO4. The van der Waals surface area contributed by atoms with Gasteiger partial charge < -0.3 is 9.72 Å². The Morgan fingerprint density at radius 3 is 2.41 bits per heavy atom. The minimum atomic E-state index is -0.943. The molecule has 1 atom stereocenters. The molecule has 1 heterocycles. The molecule has 0 radical (unpaired) electrons. The Morgan fingerprint density at radius 2 is 1.74 bits per heavy atom. The molecule has 1 N–H and O–H groups in total. The maximum absolute atomic E-state index is 12.7. The minimum absolute atomic E-state index is 0.0112. The highest BCUT2D eigenvalue weighted by Gasteiger charge is 2.28. The van der Waals surface area contributed by atoms with E-state index in [1.54, 1.807) is 62.4 Å². The van der Waals surface area contributed by atoms with Gasteiger partial charge in [-0.25, -0.2) is 4.79 Å². The van der Waals surface area contributed by atoms with E-state index >= 15 is 0 Å². The zero-order valence-electron chi connectivity index (χ0n) is 14.9. The van der Waals surface area contributed by atoms with Crippen LogP contribution in [-0.2, 0) is 4.74 Å². The number of pyridine rings is 1. The van der Waals surface area contributed by atoms with Gasteiger partial charge in [-0.1, -0.05) is 60.1 Å². The van der Waals surface area contributed by atoms with Crippen molar-refractivity contribution in [1.82, 2.24) is 4.98 Å². The number of fused-ring (bicyclic) bond motifs is 1. The lowest BCUT2D eigenvalue weighted by Crippen LogP contribution is -2.33. The predicted octanol–water partition coefficient (Wildman–Crippen LogP) is 4.35. The Morgan fingerprint density at radius 1 is 1.04 bits per heavy atom. The van der Waals surface area contributed by atoms with Gasteiger partial charge in [0, 0.05) is 15.4 Å².